The van der Waals surface area contributed by atoms with Crippen molar-refractivity contribution in [1.82, 2.24) is 15.1 Å². The number of carbonyl (C=O) groups excluding carboxylic acids is 1. The van der Waals surface area contributed by atoms with Gasteiger partial charge in [-0.25, -0.2) is 0 Å². The van der Waals surface area contributed by atoms with Crippen molar-refractivity contribution >= 4 is 17.4 Å². The molecule has 3 aromatic rings. The van der Waals surface area contributed by atoms with Crippen molar-refractivity contribution in [2.45, 2.75) is 19.8 Å². The lowest BCUT2D eigenvalue weighted by Crippen LogP contribution is -2.52. The Balaban J connectivity index is 1.19. The molecule has 0 spiro atoms. The fraction of sp³-hybridized carbons (Fsp3) is 0.400. The number of piperazine rings is 1. The zero-order valence-corrected chi connectivity index (χ0v) is 18.5. The van der Waals surface area contributed by atoms with E-state index in [1.807, 2.05) is 29.2 Å². The van der Waals surface area contributed by atoms with Crippen LogP contribution in [0.1, 0.15) is 18.4 Å². The maximum atomic E-state index is 13.3. The Kier molecular flexibility index (Phi) is 5.79. The molecule has 1 amide bonds. The smallest absolute Gasteiger partial charge is 0.227 e. The molecule has 2 aliphatic rings. The summed E-state index contributed by atoms with van der Waals surface area (Å²) in [5, 5.41) is 8.71. The Morgan fingerprint density at radius 3 is 2.56 bits per heavy atom. The minimum atomic E-state index is 0.0146. The van der Waals surface area contributed by atoms with E-state index in [2.05, 4.69) is 51.2 Å². The lowest BCUT2D eigenvalue weighted by Gasteiger charge is -2.40. The van der Waals surface area contributed by atoms with Gasteiger partial charge >= 0.3 is 0 Å². The number of amides is 1. The monoisotopic (exact) mass is 431 g/mol. The third kappa shape index (κ3) is 4.33. The molecule has 2 aliphatic heterocycles. The van der Waals surface area contributed by atoms with Gasteiger partial charge in [-0.2, -0.15) is 0 Å². The molecule has 2 aromatic heterocycles. The quantitative estimate of drug-likeness (QED) is 0.629. The molecule has 1 unspecified atom stereocenters. The van der Waals surface area contributed by atoms with Crippen LogP contribution in [0, 0.1) is 12.8 Å². The second-order valence-corrected chi connectivity index (χ2v) is 8.69. The predicted molar refractivity (Wildman–Crippen MR) is 125 cm³/mol. The molecule has 0 bridgehead atoms. The molecular formula is C25H29N5O2. The van der Waals surface area contributed by atoms with Crippen molar-refractivity contribution in [2.75, 3.05) is 49.1 Å². The van der Waals surface area contributed by atoms with Gasteiger partial charge in [0, 0.05) is 45.0 Å². The number of piperidine rings is 1. The summed E-state index contributed by atoms with van der Waals surface area (Å²) in [6.45, 7) is 7.04. The number of carbonyl (C=O) groups is 1. The molecule has 0 radical (unpaired) electrons. The molecule has 0 saturated carbocycles. The first-order chi connectivity index (χ1) is 15.7. The number of benzene rings is 1. The van der Waals surface area contributed by atoms with Crippen LogP contribution in [0.4, 0.5) is 11.5 Å². The van der Waals surface area contributed by atoms with Gasteiger partial charge in [0.1, 0.15) is 5.69 Å². The summed E-state index contributed by atoms with van der Waals surface area (Å²) in [6, 6.07) is 16.2. The van der Waals surface area contributed by atoms with E-state index in [0.717, 1.165) is 57.1 Å². The summed E-state index contributed by atoms with van der Waals surface area (Å²) in [5.41, 5.74) is 3.23. The SMILES string of the molecule is Cc1cccc(N2CCN(C(=O)C3CCCN(c4ccc(-c5ccco5)nn4)C3)CC2)c1. The van der Waals surface area contributed by atoms with Crippen LogP contribution in [0.15, 0.2) is 59.2 Å². The van der Waals surface area contributed by atoms with Crippen molar-refractivity contribution in [3.8, 4) is 11.5 Å². The van der Waals surface area contributed by atoms with Crippen LogP contribution in [0.2, 0.25) is 0 Å². The molecule has 5 rings (SSSR count). The van der Waals surface area contributed by atoms with Gasteiger partial charge in [-0.1, -0.05) is 12.1 Å². The lowest BCUT2D eigenvalue weighted by atomic mass is 9.96. The maximum absolute atomic E-state index is 13.3. The van der Waals surface area contributed by atoms with Gasteiger partial charge in [-0.3, -0.25) is 4.79 Å². The summed E-state index contributed by atoms with van der Waals surface area (Å²) in [7, 11) is 0. The van der Waals surface area contributed by atoms with Crippen LogP contribution in [-0.2, 0) is 4.79 Å². The predicted octanol–water partition coefficient (Wildman–Crippen LogP) is 3.61. The average molecular weight is 432 g/mol. The molecule has 0 aliphatic carbocycles. The zero-order chi connectivity index (χ0) is 21.9. The standard InChI is InChI=1S/C25H29N5O2/c1-19-5-2-7-21(17-19)28-12-14-29(15-13-28)25(31)20-6-3-11-30(18-20)24-10-9-22(26-27-24)23-8-4-16-32-23/h2,4-5,7-10,16-17,20H,3,6,11-15,18H2,1H3. The molecule has 2 saturated heterocycles. The minimum absolute atomic E-state index is 0.0146. The summed E-state index contributed by atoms with van der Waals surface area (Å²) in [4.78, 5) is 19.9. The molecular weight excluding hydrogens is 402 g/mol. The van der Waals surface area contributed by atoms with Crippen LogP contribution in [-0.4, -0.2) is 60.3 Å². The highest BCUT2D eigenvalue weighted by molar-refractivity contribution is 5.80. The fourth-order valence-electron chi connectivity index (χ4n) is 4.70. The number of hydrogen-bond acceptors (Lipinski definition) is 6. The first-order valence-corrected chi connectivity index (χ1v) is 11.4. The van der Waals surface area contributed by atoms with Gasteiger partial charge in [0.15, 0.2) is 11.6 Å². The third-order valence-electron chi connectivity index (χ3n) is 6.48. The van der Waals surface area contributed by atoms with Crippen molar-refractivity contribution in [3.05, 3.63) is 60.4 Å². The van der Waals surface area contributed by atoms with Crippen LogP contribution < -0.4 is 9.80 Å². The molecule has 4 heterocycles. The number of aromatic nitrogens is 2. The van der Waals surface area contributed by atoms with E-state index in [-0.39, 0.29) is 11.8 Å². The number of rotatable bonds is 4. The summed E-state index contributed by atoms with van der Waals surface area (Å²) < 4.78 is 5.39. The topological polar surface area (TPSA) is 65.7 Å². The van der Waals surface area contributed by atoms with E-state index >= 15 is 0 Å². The number of nitrogens with zero attached hydrogens (tertiary/aromatic N) is 5. The van der Waals surface area contributed by atoms with Crippen LogP contribution in [0.3, 0.4) is 0 Å². The lowest BCUT2D eigenvalue weighted by molar-refractivity contribution is -0.136. The molecule has 166 valence electrons. The molecule has 32 heavy (non-hydrogen) atoms. The van der Waals surface area contributed by atoms with Crippen LogP contribution >= 0.6 is 0 Å². The maximum Gasteiger partial charge on any atom is 0.227 e. The third-order valence-corrected chi connectivity index (χ3v) is 6.48. The largest absolute Gasteiger partial charge is 0.463 e. The minimum Gasteiger partial charge on any atom is -0.463 e. The van der Waals surface area contributed by atoms with Gasteiger partial charge in [0.05, 0.1) is 12.2 Å². The molecule has 2 fully saturated rings. The second kappa shape index (κ2) is 9.02. The van der Waals surface area contributed by atoms with Crippen molar-refractivity contribution < 1.29 is 9.21 Å². The molecule has 0 N–H and O–H groups in total. The molecule has 7 nitrogen and oxygen atoms in total. The first-order valence-electron chi connectivity index (χ1n) is 11.4. The highest BCUT2D eigenvalue weighted by atomic mass is 16.3. The van der Waals surface area contributed by atoms with Gasteiger partial charge in [-0.15, -0.1) is 10.2 Å². The summed E-state index contributed by atoms with van der Waals surface area (Å²) in [5.74, 6) is 1.82. The highest BCUT2D eigenvalue weighted by Gasteiger charge is 2.31. The number of aryl methyl sites for hydroxylation is 1. The Labute approximate surface area is 188 Å². The Hall–Kier alpha value is -3.35. The van der Waals surface area contributed by atoms with Crippen LogP contribution in [0.5, 0.6) is 0 Å². The van der Waals surface area contributed by atoms with E-state index in [1.165, 1.54) is 11.3 Å². The van der Waals surface area contributed by atoms with Crippen molar-refractivity contribution in [2.24, 2.45) is 5.92 Å². The van der Waals surface area contributed by atoms with Gasteiger partial charge < -0.3 is 19.1 Å². The van der Waals surface area contributed by atoms with Gasteiger partial charge in [-0.05, 0) is 61.7 Å². The van der Waals surface area contributed by atoms with E-state index in [1.54, 1.807) is 6.26 Å². The first kappa shape index (κ1) is 20.5. The summed E-state index contributed by atoms with van der Waals surface area (Å²) in [6.07, 6.45) is 3.55. The van der Waals surface area contributed by atoms with Gasteiger partial charge in [0.2, 0.25) is 5.91 Å². The molecule has 7 heteroatoms. The fourth-order valence-corrected chi connectivity index (χ4v) is 4.70. The average Bonchev–Trinajstić information content (AvgIpc) is 3.39. The van der Waals surface area contributed by atoms with Gasteiger partial charge in [0.25, 0.3) is 0 Å². The van der Waals surface area contributed by atoms with Crippen molar-refractivity contribution in [1.29, 1.82) is 0 Å². The van der Waals surface area contributed by atoms with E-state index in [9.17, 15) is 4.79 Å². The number of anilines is 2. The second-order valence-electron chi connectivity index (χ2n) is 8.69. The normalized spacial score (nSPS) is 19.3. The summed E-state index contributed by atoms with van der Waals surface area (Å²) >= 11 is 0. The molecule has 1 atom stereocenters. The van der Waals surface area contributed by atoms with E-state index in [0.29, 0.717) is 12.3 Å². The van der Waals surface area contributed by atoms with E-state index < -0.39 is 0 Å². The Morgan fingerprint density at radius 2 is 1.84 bits per heavy atom. The van der Waals surface area contributed by atoms with E-state index in [4.69, 9.17) is 4.42 Å². The zero-order valence-electron chi connectivity index (χ0n) is 18.5. The van der Waals surface area contributed by atoms with Crippen molar-refractivity contribution in [3.63, 3.8) is 0 Å². The van der Waals surface area contributed by atoms with Crippen LogP contribution in [0.25, 0.3) is 11.5 Å². The Bertz CT molecular complexity index is 1040. The Morgan fingerprint density at radius 1 is 0.969 bits per heavy atom. The number of hydrogen-bond donors (Lipinski definition) is 0. The molecule has 1 aromatic carbocycles. The number of furan rings is 1. The highest BCUT2D eigenvalue weighted by Crippen LogP contribution is 2.26.